The lowest BCUT2D eigenvalue weighted by atomic mass is 10.1. The van der Waals surface area contributed by atoms with Gasteiger partial charge in [-0.15, -0.1) is 0 Å². The molecule has 3 unspecified atom stereocenters. The molecule has 9 heteroatoms. The highest BCUT2D eigenvalue weighted by Gasteiger charge is 2.23. The molecule has 352 valence electrons. The number of quaternary nitrogens is 1. The van der Waals surface area contributed by atoms with Crippen molar-refractivity contribution in [3.05, 3.63) is 48.6 Å². The molecule has 0 aromatic rings. The van der Waals surface area contributed by atoms with Crippen molar-refractivity contribution in [3.8, 4) is 0 Å². The SMILES string of the molecule is CCCCCCCCCCC/C=C\CCCCCCCC(=O)NC(COP(=O)([O-])OCC[N+](C)(C)C)C(O)/C=C/CC/C=C/CC/C=C/CCCCCCCCCCCC. The lowest BCUT2D eigenvalue weighted by Gasteiger charge is -2.29. The summed E-state index contributed by atoms with van der Waals surface area (Å²) in [6, 6.07) is -0.914. The maximum atomic E-state index is 12.9. The van der Waals surface area contributed by atoms with Crippen LogP contribution in [0.1, 0.15) is 219 Å². The second-order valence-electron chi connectivity index (χ2n) is 18.1. The Kier molecular flexibility index (Phi) is 41.6. The van der Waals surface area contributed by atoms with Gasteiger partial charge in [0.05, 0.1) is 39.9 Å². The molecule has 0 aliphatic rings. The Morgan fingerprint density at radius 1 is 0.567 bits per heavy atom. The average Bonchev–Trinajstić information content (AvgIpc) is 3.20. The molecule has 60 heavy (non-hydrogen) atoms. The number of hydrogen-bond donors (Lipinski definition) is 2. The van der Waals surface area contributed by atoms with Gasteiger partial charge < -0.3 is 28.8 Å². The van der Waals surface area contributed by atoms with E-state index in [1.54, 1.807) is 6.08 Å². The van der Waals surface area contributed by atoms with Gasteiger partial charge in [0.1, 0.15) is 13.2 Å². The number of nitrogens with zero attached hydrogens (tertiary/aromatic N) is 1. The summed E-state index contributed by atoms with van der Waals surface area (Å²) in [6.07, 6.45) is 54.5. The van der Waals surface area contributed by atoms with Gasteiger partial charge in [-0.1, -0.05) is 191 Å². The van der Waals surface area contributed by atoms with E-state index in [1.165, 1.54) is 135 Å². The van der Waals surface area contributed by atoms with Gasteiger partial charge in [-0.3, -0.25) is 9.36 Å². The molecule has 0 radical (unpaired) electrons. The molecule has 8 nitrogen and oxygen atoms in total. The maximum Gasteiger partial charge on any atom is 0.268 e. The Balaban J connectivity index is 4.44. The fourth-order valence-electron chi connectivity index (χ4n) is 7.00. The van der Waals surface area contributed by atoms with Crippen molar-refractivity contribution in [2.75, 3.05) is 40.9 Å². The van der Waals surface area contributed by atoms with Gasteiger partial charge >= 0.3 is 0 Å². The first-order chi connectivity index (χ1) is 29.0. The molecular weight excluding hydrogens is 768 g/mol. The van der Waals surface area contributed by atoms with Gasteiger partial charge in [0.25, 0.3) is 7.82 Å². The van der Waals surface area contributed by atoms with E-state index in [4.69, 9.17) is 9.05 Å². The number of hydrogen-bond acceptors (Lipinski definition) is 6. The summed E-state index contributed by atoms with van der Waals surface area (Å²) in [5, 5.41) is 13.8. The van der Waals surface area contributed by atoms with Crippen LogP contribution in [-0.2, 0) is 18.4 Å². The van der Waals surface area contributed by atoms with Gasteiger partial charge in [-0.05, 0) is 70.6 Å². The molecule has 0 heterocycles. The van der Waals surface area contributed by atoms with E-state index in [2.05, 4.69) is 55.6 Å². The van der Waals surface area contributed by atoms with Crippen LogP contribution in [-0.4, -0.2) is 68.5 Å². The molecule has 0 bridgehead atoms. The lowest BCUT2D eigenvalue weighted by molar-refractivity contribution is -0.870. The normalized spacial score (nSPS) is 14.6. The monoisotopic (exact) mass is 865 g/mol. The third-order valence-corrected chi connectivity index (χ3v) is 12.0. The lowest BCUT2D eigenvalue weighted by Crippen LogP contribution is -2.45. The van der Waals surface area contributed by atoms with Crippen LogP contribution in [0.2, 0.25) is 0 Å². The minimum absolute atomic E-state index is 0.0113. The second kappa shape index (κ2) is 42.7. The first-order valence-electron chi connectivity index (χ1n) is 25.0. The second-order valence-corrected chi connectivity index (χ2v) is 19.6. The molecule has 0 spiro atoms. The van der Waals surface area contributed by atoms with Crippen LogP contribution in [0.4, 0.5) is 0 Å². The maximum absolute atomic E-state index is 12.9. The van der Waals surface area contributed by atoms with Crippen molar-refractivity contribution in [1.29, 1.82) is 0 Å². The van der Waals surface area contributed by atoms with Gasteiger partial charge in [0.2, 0.25) is 5.91 Å². The Morgan fingerprint density at radius 2 is 0.933 bits per heavy atom. The molecule has 0 aromatic carbocycles. The first kappa shape index (κ1) is 58.5. The summed E-state index contributed by atoms with van der Waals surface area (Å²) in [6.45, 7) is 4.62. The highest BCUT2D eigenvalue weighted by Crippen LogP contribution is 2.38. The number of likely N-dealkylation sites (N-methyl/N-ethyl adjacent to an activating group) is 1. The zero-order chi connectivity index (χ0) is 44.3. The number of carbonyl (C=O) groups is 1. The average molecular weight is 865 g/mol. The third-order valence-electron chi connectivity index (χ3n) is 11.0. The molecule has 0 saturated heterocycles. The van der Waals surface area contributed by atoms with Crippen LogP contribution in [0, 0.1) is 0 Å². The van der Waals surface area contributed by atoms with Crippen LogP contribution in [0.3, 0.4) is 0 Å². The number of rotatable bonds is 45. The van der Waals surface area contributed by atoms with E-state index < -0.39 is 26.6 Å². The zero-order valence-electron chi connectivity index (χ0n) is 39.9. The molecular formula is C51H97N2O6P. The largest absolute Gasteiger partial charge is 0.756 e. The van der Waals surface area contributed by atoms with Crippen LogP contribution in [0.15, 0.2) is 48.6 Å². The van der Waals surface area contributed by atoms with Gasteiger partial charge in [-0.2, -0.15) is 0 Å². The van der Waals surface area contributed by atoms with Gasteiger partial charge in [-0.25, -0.2) is 0 Å². The van der Waals surface area contributed by atoms with Crippen molar-refractivity contribution in [2.45, 2.75) is 231 Å². The molecule has 0 rings (SSSR count). The standard InChI is InChI=1S/C51H97N2O6P/c1-6-8-10-12-14-16-18-20-22-24-26-27-28-30-32-34-36-38-40-42-44-50(54)49(48-59-60(56,57)58-47-46-53(3,4)5)52-51(55)45-43-41-39-37-35-33-31-29-25-23-21-19-17-15-13-11-9-7-2/h27-29,31,34,36,42,44,49-50,54H,6-26,30,32-33,35,37-41,43,45-48H2,1-5H3,(H-,52,55,56,57)/b28-27+,31-29-,36-34+,44-42+. The minimum Gasteiger partial charge on any atom is -0.756 e. The fourth-order valence-corrected chi connectivity index (χ4v) is 7.73. The predicted octanol–water partition coefficient (Wildman–Crippen LogP) is 13.8. The van der Waals surface area contributed by atoms with Gasteiger partial charge in [0, 0.05) is 6.42 Å². The molecule has 2 N–H and O–H groups in total. The summed E-state index contributed by atoms with van der Waals surface area (Å²) >= 11 is 0. The van der Waals surface area contributed by atoms with Gasteiger partial charge in [0.15, 0.2) is 0 Å². The number of amides is 1. The Labute approximate surface area is 371 Å². The molecule has 0 fully saturated rings. The topological polar surface area (TPSA) is 108 Å². The molecule has 0 aliphatic heterocycles. The highest BCUT2D eigenvalue weighted by atomic mass is 31.2. The molecule has 3 atom stereocenters. The number of unbranched alkanes of at least 4 members (excludes halogenated alkanes) is 26. The van der Waals surface area contributed by atoms with E-state index >= 15 is 0 Å². The summed E-state index contributed by atoms with van der Waals surface area (Å²) in [4.78, 5) is 25.4. The number of phosphoric acid groups is 1. The van der Waals surface area contributed by atoms with Crippen molar-refractivity contribution >= 4 is 13.7 Å². The van der Waals surface area contributed by atoms with Crippen LogP contribution >= 0.6 is 7.82 Å². The van der Waals surface area contributed by atoms with Crippen molar-refractivity contribution in [1.82, 2.24) is 5.32 Å². The first-order valence-corrected chi connectivity index (χ1v) is 26.5. The van der Waals surface area contributed by atoms with E-state index in [-0.39, 0.29) is 12.5 Å². The zero-order valence-corrected chi connectivity index (χ0v) is 40.8. The third kappa shape index (κ3) is 44.5. The number of nitrogens with one attached hydrogen (secondary N) is 1. The van der Waals surface area contributed by atoms with E-state index in [0.29, 0.717) is 17.4 Å². The Bertz CT molecular complexity index is 1120. The van der Waals surface area contributed by atoms with Crippen LogP contribution in [0.25, 0.3) is 0 Å². The van der Waals surface area contributed by atoms with Crippen molar-refractivity contribution in [3.63, 3.8) is 0 Å². The summed E-state index contributed by atoms with van der Waals surface area (Å²) < 4.78 is 23.2. The van der Waals surface area contributed by atoms with Crippen LogP contribution < -0.4 is 10.2 Å². The number of aliphatic hydroxyl groups excluding tert-OH is 1. The Morgan fingerprint density at radius 3 is 1.35 bits per heavy atom. The fraction of sp³-hybridized carbons (Fsp3) is 0.824. The molecule has 0 saturated carbocycles. The van der Waals surface area contributed by atoms with E-state index in [1.807, 2.05) is 27.2 Å². The predicted molar refractivity (Wildman–Crippen MR) is 256 cm³/mol. The van der Waals surface area contributed by atoms with Crippen molar-refractivity contribution < 1.29 is 32.9 Å². The minimum atomic E-state index is -4.61. The summed E-state index contributed by atoms with van der Waals surface area (Å²) in [5.41, 5.74) is 0. The smallest absolute Gasteiger partial charge is 0.268 e. The molecule has 0 aliphatic carbocycles. The number of aliphatic hydroxyl groups is 1. The Hall–Kier alpha value is -1.54. The highest BCUT2D eigenvalue weighted by molar-refractivity contribution is 7.45. The molecule has 0 aromatic heterocycles. The summed E-state index contributed by atoms with van der Waals surface area (Å²) in [7, 11) is 1.23. The number of allylic oxidation sites excluding steroid dienone is 7. The molecule has 1 amide bonds. The quantitative estimate of drug-likeness (QED) is 0.0273. The number of carbonyl (C=O) groups excluding carboxylic acids is 1. The van der Waals surface area contributed by atoms with E-state index in [0.717, 1.165) is 64.2 Å². The van der Waals surface area contributed by atoms with Crippen LogP contribution in [0.5, 0.6) is 0 Å². The van der Waals surface area contributed by atoms with Crippen molar-refractivity contribution in [2.24, 2.45) is 0 Å². The summed E-state index contributed by atoms with van der Waals surface area (Å²) in [5.74, 6) is -0.220. The number of phosphoric ester groups is 1. The van der Waals surface area contributed by atoms with E-state index in [9.17, 15) is 19.4 Å².